The van der Waals surface area contributed by atoms with Crippen LogP contribution in [0.3, 0.4) is 0 Å². The van der Waals surface area contributed by atoms with E-state index in [2.05, 4.69) is 14.8 Å². The lowest BCUT2D eigenvalue weighted by molar-refractivity contribution is 0.282. The maximum atomic E-state index is 11.5. The van der Waals surface area contributed by atoms with Crippen molar-refractivity contribution >= 4 is 21.4 Å². The molecule has 7 nitrogen and oxygen atoms in total. The van der Waals surface area contributed by atoms with E-state index in [1.165, 1.54) is 0 Å². The second-order valence-electron chi connectivity index (χ2n) is 6.44. The van der Waals surface area contributed by atoms with Crippen molar-refractivity contribution in [1.82, 2.24) is 14.6 Å². The first-order valence-corrected chi connectivity index (χ1v) is 10.5. The summed E-state index contributed by atoms with van der Waals surface area (Å²) in [5.41, 5.74) is 5.25. The largest absolute Gasteiger partial charge is 0.392 e. The second kappa shape index (κ2) is 7.06. The molecule has 2 aromatic carbocycles. The Morgan fingerprint density at radius 2 is 1.82 bits per heavy atom. The predicted octanol–water partition coefficient (Wildman–Crippen LogP) is 2.93. The molecule has 0 atom stereocenters. The summed E-state index contributed by atoms with van der Waals surface area (Å²) in [6, 6.07) is 18.3. The zero-order chi connectivity index (χ0) is 19.7. The molecule has 0 saturated heterocycles. The quantitative estimate of drug-likeness (QED) is 0.542. The van der Waals surface area contributed by atoms with Gasteiger partial charge >= 0.3 is 0 Å². The van der Waals surface area contributed by atoms with Crippen LogP contribution in [0.25, 0.3) is 28.2 Å². The molecule has 4 aromatic rings. The van der Waals surface area contributed by atoms with Gasteiger partial charge in [0.2, 0.25) is 10.0 Å². The fourth-order valence-electron chi connectivity index (χ4n) is 2.96. The molecule has 0 bridgehead atoms. The number of hydrogen-bond acceptors (Lipinski definition) is 5. The molecule has 0 fully saturated rings. The van der Waals surface area contributed by atoms with Crippen molar-refractivity contribution in [3.8, 4) is 22.5 Å². The van der Waals surface area contributed by atoms with Gasteiger partial charge in [0.25, 0.3) is 0 Å². The summed E-state index contributed by atoms with van der Waals surface area (Å²) in [7, 11) is -3.35. The summed E-state index contributed by atoms with van der Waals surface area (Å²) < 4.78 is 27.2. The van der Waals surface area contributed by atoms with Crippen LogP contribution in [0.15, 0.2) is 66.9 Å². The predicted molar refractivity (Wildman–Crippen MR) is 108 cm³/mol. The number of aliphatic hydroxyl groups is 1. The minimum atomic E-state index is -3.35. The average Bonchev–Trinajstić information content (AvgIpc) is 3.10. The van der Waals surface area contributed by atoms with Gasteiger partial charge < -0.3 is 5.11 Å². The van der Waals surface area contributed by atoms with Crippen LogP contribution in [0.4, 0.5) is 5.69 Å². The fourth-order valence-corrected chi connectivity index (χ4v) is 3.52. The van der Waals surface area contributed by atoms with E-state index < -0.39 is 10.0 Å². The summed E-state index contributed by atoms with van der Waals surface area (Å²) in [4.78, 5) is 4.40. The maximum Gasteiger partial charge on any atom is 0.229 e. The molecule has 2 N–H and O–H groups in total. The minimum Gasteiger partial charge on any atom is -0.392 e. The van der Waals surface area contributed by atoms with E-state index in [0.717, 1.165) is 28.6 Å². The Morgan fingerprint density at radius 3 is 2.54 bits per heavy atom. The number of nitrogens with zero attached hydrogens (tertiary/aromatic N) is 3. The van der Waals surface area contributed by atoms with Crippen LogP contribution in [-0.2, 0) is 16.6 Å². The first-order chi connectivity index (χ1) is 13.4. The third-order valence-electron chi connectivity index (χ3n) is 4.26. The number of aliphatic hydroxyl groups excluding tert-OH is 1. The molecule has 142 valence electrons. The van der Waals surface area contributed by atoms with Crippen LogP contribution in [0.2, 0.25) is 0 Å². The Bertz CT molecular complexity index is 1250. The molecule has 28 heavy (non-hydrogen) atoms. The molecular weight excluding hydrogens is 376 g/mol. The van der Waals surface area contributed by atoms with Gasteiger partial charge in [-0.15, -0.1) is 0 Å². The lowest BCUT2D eigenvalue weighted by Crippen LogP contribution is -2.09. The minimum absolute atomic E-state index is 0.00626. The molecule has 0 aliphatic carbocycles. The summed E-state index contributed by atoms with van der Waals surface area (Å²) >= 11 is 0. The van der Waals surface area contributed by atoms with E-state index in [4.69, 9.17) is 0 Å². The lowest BCUT2D eigenvalue weighted by Gasteiger charge is -2.08. The molecule has 0 unspecified atom stereocenters. The molecule has 0 radical (unpaired) electrons. The molecule has 0 spiro atoms. The molecular formula is C20H18N4O3S. The zero-order valence-electron chi connectivity index (χ0n) is 15.1. The zero-order valence-corrected chi connectivity index (χ0v) is 15.9. The number of hydrogen-bond donors (Lipinski definition) is 2. The van der Waals surface area contributed by atoms with Crippen LogP contribution in [-0.4, -0.2) is 34.4 Å². The van der Waals surface area contributed by atoms with Gasteiger partial charge in [-0.25, -0.2) is 17.9 Å². The highest BCUT2D eigenvalue weighted by atomic mass is 32.2. The first kappa shape index (κ1) is 18.1. The van der Waals surface area contributed by atoms with Gasteiger partial charge in [0.15, 0.2) is 5.65 Å². The van der Waals surface area contributed by atoms with Crippen molar-refractivity contribution in [2.45, 2.75) is 6.61 Å². The van der Waals surface area contributed by atoms with E-state index >= 15 is 0 Å². The van der Waals surface area contributed by atoms with Crippen molar-refractivity contribution in [2.75, 3.05) is 11.0 Å². The number of imidazole rings is 1. The number of rotatable bonds is 5. The van der Waals surface area contributed by atoms with Gasteiger partial charge in [-0.1, -0.05) is 36.4 Å². The van der Waals surface area contributed by atoms with E-state index in [1.54, 1.807) is 28.9 Å². The summed E-state index contributed by atoms with van der Waals surface area (Å²) in [5.74, 6) is 0. The molecule has 4 rings (SSSR count). The SMILES string of the molecule is CS(=O)(=O)Nc1cccc(-c2ccc3ncc(-c4ccc(CO)cc4)n3n2)c1. The Kier molecular flexibility index (Phi) is 4.58. The average molecular weight is 394 g/mol. The highest BCUT2D eigenvalue weighted by Gasteiger charge is 2.10. The van der Waals surface area contributed by atoms with Crippen LogP contribution in [0, 0.1) is 0 Å². The molecule has 0 aliphatic rings. The van der Waals surface area contributed by atoms with Crippen LogP contribution < -0.4 is 4.72 Å². The molecule has 2 aromatic heterocycles. The van der Waals surface area contributed by atoms with Gasteiger partial charge in [-0.3, -0.25) is 4.72 Å². The van der Waals surface area contributed by atoms with Crippen LogP contribution >= 0.6 is 0 Å². The van der Waals surface area contributed by atoms with Gasteiger partial charge in [-0.05, 0) is 29.8 Å². The second-order valence-corrected chi connectivity index (χ2v) is 8.19. The molecule has 8 heteroatoms. The van der Waals surface area contributed by atoms with E-state index in [9.17, 15) is 13.5 Å². The monoisotopic (exact) mass is 394 g/mol. The number of fused-ring (bicyclic) bond motifs is 1. The molecule has 0 aliphatic heterocycles. The molecule has 0 saturated carbocycles. The van der Waals surface area contributed by atoms with Gasteiger partial charge in [0, 0.05) is 16.8 Å². The van der Waals surface area contributed by atoms with Gasteiger partial charge in [-0.2, -0.15) is 5.10 Å². The maximum absolute atomic E-state index is 11.5. The number of nitrogens with one attached hydrogen (secondary N) is 1. The fraction of sp³-hybridized carbons (Fsp3) is 0.100. The Labute approximate surface area is 162 Å². The van der Waals surface area contributed by atoms with Gasteiger partial charge in [0.1, 0.15) is 0 Å². The summed E-state index contributed by atoms with van der Waals surface area (Å²) in [6.07, 6.45) is 2.87. The smallest absolute Gasteiger partial charge is 0.229 e. The molecule has 2 heterocycles. The number of aromatic nitrogens is 3. The first-order valence-electron chi connectivity index (χ1n) is 8.56. The lowest BCUT2D eigenvalue weighted by atomic mass is 10.1. The van der Waals surface area contributed by atoms with Crippen molar-refractivity contribution in [1.29, 1.82) is 0 Å². The summed E-state index contributed by atoms with van der Waals surface area (Å²) in [5, 5.41) is 13.9. The highest BCUT2D eigenvalue weighted by molar-refractivity contribution is 7.92. The number of benzene rings is 2. The van der Waals surface area contributed by atoms with Crippen molar-refractivity contribution in [3.05, 3.63) is 72.4 Å². The Balaban J connectivity index is 1.76. The van der Waals surface area contributed by atoms with Crippen LogP contribution in [0.1, 0.15) is 5.56 Å². The van der Waals surface area contributed by atoms with E-state index in [-0.39, 0.29) is 6.61 Å². The highest BCUT2D eigenvalue weighted by Crippen LogP contribution is 2.25. The molecule has 0 amide bonds. The van der Waals surface area contributed by atoms with E-state index in [1.807, 2.05) is 42.5 Å². The van der Waals surface area contributed by atoms with Crippen LogP contribution in [0.5, 0.6) is 0 Å². The third kappa shape index (κ3) is 3.73. The third-order valence-corrected chi connectivity index (χ3v) is 4.86. The Morgan fingerprint density at radius 1 is 1.04 bits per heavy atom. The van der Waals surface area contributed by atoms with Crippen molar-refractivity contribution in [2.24, 2.45) is 0 Å². The van der Waals surface area contributed by atoms with Crippen molar-refractivity contribution in [3.63, 3.8) is 0 Å². The standard InChI is InChI=1S/C20H18N4O3S/c1-28(26,27)23-17-4-2-3-16(11-17)18-9-10-20-21-12-19(24(20)22-18)15-7-5-14(13-25)6-8-15/h2-12,23,25H,13H2,1H3. The number of sulfonamides is 1. The number of anilines is 1. The topological polar surface area (TPSA) is 96.6 Å². The summed E-state index contributed by atoms with van der Waals surface area (Å²) in [6.45, 7) is -0.00626. The van der Waals surface area contributed by atoms with Gasteiger partial charge in [0.05, 0.1) is 30.4 Å². The Hall–Kier alpha value is -3.23. The van der Waals surface area contributed by atoms with Crippen molar-refractivity contribution < 1.29 is 13.5 Å². The normalized spacial score (nSPS) is 11.6. The van der Waals surface area contributed by atoms with E-state index in [0.29, 0.717) is 17.0 Å².